The van der Waals surface area contributed by atoms with Gasteiger partial charge in [-0.25, -0.2) is 0 Å². The Morgan fingerprint density at radius 3 is 2.12 bits per heavy atom. The van der Waals surface area contributed by atoms with Gasteiger partial charge in [-0.05, 0) is 44.3 Å². The largest absolute Gasteiger partial charge is 0.304 e. The molecule has 0 spiro atoms. The van der Waals surface area contributed by atoms with Gasteiger partial charge in [-0.3, -0.25) is 0 Å². The summed E-state index contributed by atoms with van der Waals surface area (Å²) in [7, 11) is 0. The van der Waals surface area contributed by atoms with E-state index in [0.29, 0.717) is 0 Å². The third-order valence-electron chi connectivity index (χ3n) is 3.80. The lowest BCUT2D eigenvalue weighted by atomic mass is 9.90. The normalized spacial score (nSPS) is 18.0. The monoisotopic (exact) mass is 241 g/mol. The molecule has 0 aromatic rings. The van der Waals surface area contributed by atoms with Gasteiger partial charge >= 0.3 is 0 Å². The number of hydrogen-bond acceptors (Lipinski definition) is 1. The molecule has 0 saturated carbocycles. The average Bonchev–Trinajstić information content (AvgIpc) is 2.37. The molecule has 0 aromatic heterocycles. The number of nitrogens with zero attached hydrogens (tertiary/aromatic N) is 1. The molecule has 0 unspecified atom stereocenters. The summed E-state index contributed by atoms with van der Waals surface area (Å²) in [5.41, 5.74) is 0. The first-order chi connectivity index (χ1) is 8.22. The van der Waals surface area contributed by atoms with E-state index in [1.165, 1.54) is 58.2 Å². The van der Waals surface area contributed by atoms with Gasteiger partial charge < -0.3 is 4.90 Å². The first-order valence-electron chi connectivity index (χ1n) is 7.94. The number of piperidine rings is 1. The highest BCUT2D eigenvalue weighted by Gasteiger charge is 2.17. The quantitative estimate of drug-likeness (QED) is 0.594. The molecule has 0 amide bonds. The van der Waals surface area contributed by atoms with Crippen LogP contribution in [0, 0.1) is 11.8 Å². The van der Waals surface area contributed by atoms with Gasteiger partial charge in [0.25, 0.3) is 0 Å². The van der Waals surface area contributed by atoms with Crippen molar-refractivity contribution in [1.29, 1.82) is 0 Å². The summed E-state index contributed by atoms with van der Waals surface area (Å²) in [4.78, 5) is 2.59. The second-order valence-corrected chi connectivity index (χ2v) is 5.56. The second-order valence-electron chi connectivity index (χ2n) is 5.56. The van der Waals surface area contributed by atoms with Gasteiger partial charge in [0.1, 0.15) is 0 Å². The molecule has 1 rings (SSSR count). The highest BCUT2D eigenvalue weighted by Crippen LogP contribution is 2.23. The predicted octanol–water partition coefficient (Wildman–Crippen LogP) is 4.96. The van der Waals surface area contributed by atoms with E-state index in [0.717, 1.165) is 11.8 Å². The minimum atomic E-state index is 0.895. The summed E-state index contributed by atoms with van der Waals surface area (Å²) in [6.07, 6.45) is 8.74. The van der Waals surface area contributed by atoms with Gasteiger partial charge in [0.05, 0.1) is 0 Å². The standard InChI is InChI=1S/C14H29N.C2H6/c1-4-15-11-9-14(10-12-15)8-6-5-7-13(2)3;1-2/h13-14H,4-12H2,1-3H3;1-2H3. The van der Waals surface area contributed by atoms with Crippen LogP contribution in [-0.2, 0) is 0 Å². The van der Waals surface area contributed by atoms with E-state index in [4.69, 9.17) is 0 Å². The van der Waals surface area contributed by atoms with Crippen LogP contribution in [-0.4, -0.2) is 24.5 Å². The number of unbranched alkanes of at least 4 members (excludes halogenated alkanes) is 1. The zero-order valence-corrected chi connectivity index (χ0v) is 13.0. The molecule has 0 aromatic carbocycles. The summed E-state index contributed by atoms with van der Waals surface area (Å²) < 4.78 is 0. The van der Waals surface area contributed by atoms with Crippen LogP contribution in [0.2, 0.25) is 0 Å². The Bertz CT molecular complexity index is 146. The van der Waals surface area contributed by atoms with E-state index < -0.39 is 0 Å². The zero-order valence-electron chi connectivity index (χ0n) is 13.0. The third kappa shape index (κ3) is 8.65. The van der Waals surface area contributed by atoms with Crippen molar-refractivity contribution in [1.82, 2.24) is 4.90 Å². The van der Waals surface area contributed by atoms with E-state index in [1.807, 2.05) is 13.8 Å². The van der Waals surface area contributed by atoms with E-state index in [-0.39, 0.29) is 0 Å². The molecule has 1 fully saturated rings. The molecule has 0 N–H and O–H groups in total. The Labute approximate surface area is 110 Å². The third-order valence-corrected chi connectivity index (χ3v) is 3.80. The molecule has 1 saturated heterocycles. The van der Waals surface area contributed by atoms with E-state index in [1.54, 1.807) is 0 Å². The highest BCUT2D eigenvalue weighted by atomic mass is 15.1. The van der Waals surface area contributed by atoms with Crippen molar-refractivity contribution in [3.63, 3.8) is 0 Å². The fourth-order valence-electron chi connectivity index (χ4n) is 2.58. The lowest BCUT2D eigenvalue weighted by Crippen LogP contribution is -2.33. The van der Waals surface area contributed by atoms with Crippen molar-refractivity contribution in [3.05, 3.63) is 0 Å². The fraction of sp³-hybridized carbons (Fsp3) is 1.00. The molecule has 1 heteroatoms. The molecular weight excluding hydrogens is 206 g/mol. The summed E-state index contributed by atoms with van der Waals surface area (Å²) in [6.45, 7) is 14.9. The molecule has 1 aliphatic heterocycles. The molecule has 1 heterocycles. The first kappa shape index (κ1) is 17.0. The minimum absolute atomic E-state index is 0.895. The van der Waals surface area contributed by atoms with Gasteiger partial charge in [-0.1, -0.05) is 60.3 Å². The maximum atomic E-state index is 2.59. The van der Waals surface area contributed by atoms with Crippen molar-refractivity contribution in [2.24, 2.45) is 11.8 Å². The van der Waals surface area contributed by atoms with Crippen LogP contribution in [0.3, 0.4) is 0 Å². The predicted molar refractivity (Wildman–Crippen MR) is 79.5 cm³/mol. The SMILES string of the molecule is CC.CCN1CCC(CCCCC(C)C)CC1. The maximum Gasteiger partial charge on any atom is -0.00162 e. The topological polar surface area (TPSA) is 3.24 Å². The van der Waals surface area contributed by atoms with Crippen LogP contribution in [0.4, 0.5) is 0 Å². The van der Waals surface area contributed by atoms with Crippen LogP contribution in [0.15, 0.2) is 0 Å². The second kappa shape index (κ2) is 11.1. The Morgan fingerprint density at radius 2 is 1.65 bits per heavy atom. The van der Waals surface area contributed by atoms with Gasteiger partial charge in [-0.15, -0.1) is 0 Å². The van der Waals surface area contributed by atoms with Crippen molar-refractivity contribution < 1.29 is 0 Å². The molecule has 0 radical (unpaired) electrons. The zero-order chi connectivity index (χ0) is 13.1. The van der Waals surface area contributed by atoms with Crippen LogP contribution in [0.1, 0.15) is 73.1 Å². The van der Waals surface area contributed by atoms with Gasteiger partial charge in [0.2, 0.25) is 0 Å². The van der Waals surface area contributed by atoms with Gasteiger partial charge in [0.15, 0.2) is 0 Å². The van der Waals surface area contributed by atoms with E-state index in [9.17, 15) is 0 Å². The van der Waals surface area contributed by atoms with E-state index in [2.05, 4.69) is 25.7 Å². The molecule has 0 aliphatic carbocycles. The van der Waals surface area contributed by atoms with Crippen LogP contribution >= 0.6 is 0 Å². The lowest BCUT2D eigenvalue weighted by molar-refractivity contribution is 0.184. The van der Waals surface area contributed by atoms with Crippen LogP contribution < -0.4 is 0 Å². The molecule has 104 valence electrons. The van der Waals surface area contributed by atoms with Crippen LogP contribution in [0.5, 0.6) is 0 Å². The summed E-state index contributed by atoms with van der Waals surface area (Å²) in [5.74, 6) is 1.94. The highest BCUT2D eigenvalue weighted by molar-refractivity contribution is 4.71. The number of rotatable bonds is 6. The Balaban J connectivity index is 0.00000121. The summed E-state index contributed by atoms with van der Waals surface area (Å²) >= 11 is 0. The summed E-state index contributed by atoms with van der Waals surface area (Å²) in [6, 6.07) is 0. The molecular formula is C16H35N. The van der Waals surface area contributed by atoms with Gasteiger partial charge in [0, 0.05) is 0 Å². The fourth-order valence-corrected chi connectivity index (χ4v) is 2.58. The number of likely N-dealkylation sites (tertiary alicyclic amines) is 1. The average molecular weight is 241 g/mol. The smallest absolute Gasteiger partial charge is 0.00162 e. The Morgan fingerprint density at radius 1 is 1.06 bits per heavy atom. The van der Waals surface area contributed by atoms with Crippen molar-refractivity contribution in [3.8, 4) is 0 Å². The van der Waals surface area contributed by atoms with Crippen molar-refractivity contribution in [2.45, 2.75) is 73.1 Å². The molecule has 0 atom stereocenters. The minimum Gasteiger partial charge on any atom is -0.304 e. The first-order valence-corrected chi connectivity index (χ1v) is 7.94. The van der Waals surface area contributed by atoms with E-state index >= 15 is 0 Å². The lowest BCUT2D eigenvalue weighted by Gasteiger charge is -2.31. The molecule has 1 nitrogen and oxygen atoms in total. The summed E-state index contributed by atoms with van der Waals surface area (Å²) in [5, 5.41) is 0. The molecule has 1 aliphatic rings. The molecule has 17 heavy (non-hydrogen) atoms. The Hall–Kier alpha value is -0.0400. The Kier molecular flexibility index (Phi) is 11.0. The van der Waals surface area contributed by atoms with Crippen molar-refractivity contribution >= 4 is 0 Å². The van der Waals surface area contributed by atoms with Crippen molar-refractivity contribution in [2.75, 3.05) is 19.6 Å². The van der Waals surface area contributed by atoms with Gasteiger partial charge in [-0.2, -0.15) is 0 Å². The number of hydrogen-bond donors (Lipinski definition) is 0. The maximum absolute atomic E-state index is 2.59. The molecule has 0 bridgehead atoms. The van der Waals surface area contributed by atoms with Crippen LogP contribution in [0.25, 0.3) is 0 Å².